The fourth-order valence-electron chi connectivity index (χ4n) is 2.51. The Hall–Kier alpha value is -2.15. The van der Waals surface area contributed by atoms with Crippen molar-refractivity contribution in [2.45, 2.75) is 25.9 Å². The van der Waals surface area contributed by atoms with Crippen molar-refractivity contribution in [1.82, 2.24) is 14.8 Å². The maximum atomic E-state index is 12.6. The smallest absolute Gasteiger partial charge is 0.258 e. The molecule has 0 saturated carbocycles. The van der Waals surface area contributed by atoms with Gasteiger partial charge in [0.1, 0.15) is 11.9 Å². The summed E-state index contributed by atoms with van der Waals surface area (Å²) in [6.07, 6.45) is 1.52. The zero-order valence-corrected chi connectivity index (χ0v) is 12.3. The summed E-state index contributed by atoms with van der Waals surface area (Å²) < 4.78 is 0. The fraction of sp³-hybridized carbons (Fsp3) is 0.500. The Labute approximate surface area is 123 Å². The minimum Gasteiger partial charge on any atom is -0.383 e. The Morgan fingerprint density at radius 3 is 2.67 bits per heavy atom. The van der Waals surface area contributed by atoms with Crippen LogP contribution in [-0.4, -0.2) is 58.3 Å². The van der Waals surface area contributed by atoms with Gasteiger partial charge in [-0.05, 0) is 26.0 Å². The van der Waals surface area contributed by atoms with E-state index in [9.17, 15) is 9.59 Å². The number of hydrogen-bond acceptors (Lipinski definition) is 5. The van der Waals surface area contributed by atoms with Gasteiger partial charge in [-0.25, -0.2) is 4.98 Å². The quantitative estimate of drug-likeness (QED) is 0.794. The molecule has 1 aromatic rings. The number of anilines is 1. The van der Waals surface area contributed by atoms with Crippen molar-refractivity contribution < 1.29 is 9.59 Å². The van der Waals surface area contributed by atoms with Crippen LogP contribution in [0.3, 0.4) is 0 Å². The molecule has 1 aliphatic heterocycles. The van der Waals surface area contributed by atoms with E-state index in [1.807, 2.05) is 0 Å². The van der Waals surface area contributed by atoms with Gasteiger partial charge in [0.05, 0.1) is 5.56 Å². The van der Waals surface area contributed by atoms with Crippen LogP contribution in [0.2, 0.25) is 0 Å². The van der Waals surface area contributed by atoms with E-state index in [0.29, 0.717) is 31.2 Å². The van der Waals surface area contributed by atoms with Crippen molar-refractivity contribution in [2.24, 2.45) is 5.73 Å². The van der Waals surface area contributed by atoms with Gasteiger partial charge in [-0.3, -0.25) is 14.5 Å². The van der Waals surface area contributed by atoms with E-state index in [1.54, 1.807) is 12.1 Å². The van der Waals surface area contributed by atoms with E-state index >= 15 is 0 Å². The molecule has 1 aromatic heterocycles. The lowest BCUT2D eigenvalue weighted by atomic mass is 10.1. The number of aromatic nitrogens is 1. The van der Waals surface area contributed by atoms with Crippen molar-refractivity contribution in [2.75, 3.05) is 25.4 Å². The van der Waals surface area contributed by atoms with Gasteiger partial charge in [0.2, 0.25) is 5.91 Å². The molecule has 2 heterocycles. The molecule has 21 heavy (non-hydrogen) atoms. The molecule has 0 unspecified atom stereocenters. The molecule has 0 aromatic carbocycles. The van der Waals surface area contributed by atoms with Crippen LogP contribution < -0.4 is 11.5 Å². The number of piperazine rings is 1. The molecule has 1 fully saturated rings. The third-order valence-corrected chi connectivity index (χ3v) is 3.80. The lowest BCUT2D eigenvalue weighted by Gasteiger charge is -2.41. The standard InChI is InChI=1S/C14H21N5O2/c1-9(2)18-6-7-19(11(8-18)13(16)20)14(21)10-4-3-5-17-12(10)15/h3-5,9,11H,6-8H2,1-2H3,(H2,15,17)(H2,16,20)/t11-/m0/s1. The van der Waals surface area contributed by atoms with E-state index in [4.69, 9.17) is 11.5 Å². The zero-order chi connectivity index (χ0) is 15.6. The monoisotopic (exact) mass is 291 g/mol. The second-order valence-electron chi connectivity index (χ2n) is 5.44. The van der Waals surface area contributed by atoms with Gasteiger partial charge in [-0.1, -0.05) is 0 Å². The van der Waals surface area contributed by atoms with Crippen molar-refractivity contribution in [3.05, 3.63) is 23.9 Å². The predicted molar refractivity (Wildman–Crippen MR) is 79.4 cm³/mol. The number of carbonyl (C=O) groups is 2. The topological polar surface area (TPSA) is 106 Å². The number of rotatable bonds is 3. The molecule has 1 aliphatic rings. The average Bonchev–Trinajstić information content (AvgIpc) is 2.46. The molecular weight excluding hydrogens is 270 g/mol. The summed E-state index contributed by atoms with van der Waals surface area (Å²) in [5.41, 5.74) is 11.5. The van der Waals surface area contributed by atoms with Crippen molar-refractivity contribution in [3.8, 4) is 0 Å². The maximum Gasteiger partial charge on any atom is 0.258 e. The van der Waals surface area contributed by atoms with E-state index in [2.05, 4.69) is 23.7 Å². The molecule has 0 aliphatic carbocycles. The summed E-state index contributed by atoms with van der Waals surface area (Å²) >= 11 is 0. The maximum absolute atomic E-state index is 12.6. The first-order chi connectivity index (χ1) is 9.91. The predicted octanol–water partition coefficient (Wildman–Crippen LogP) is -0.316. The summed E-state index contributed by atoms with van der Waals surface area (Å²) in [5, 5.41) is 0. The number of pyridine rings is 1. The molecule has 7 nitrogen and oxygen atoms in total. The highest BCUT2D eigenvalue weighted by molar-refractivity contribution is 6.00. The normalized spacial score (nSPS) is 19.8. The van der Waals surface area contributed by atoms with E-state index in [-0.39, 0.29) is 11.7 Å². The highest BCUT2D eigenvalue weighted by Crippen LogP contribution is 2.18. The molecule has 4 N–H and O–H groups in total. The Morgan fingerprint density at radius 1 is 1.38 bits per heavy atom. The van der Waals surface area contributed by atoms with Gasteiger partial charge >= 0.3 is 0 Å². The summed E-state index contributed by atoms with van der Waals surface area (Å²) in [4.78, 5) is 31.8. The Balaban J connectivity index is 2.24. The summed E-state index contributed by atoms with van der Waals surface area (Å²) in [7, 11) is 0. The molecule has 0 bridgehead atoms. The molecule has 114 valence electrons. The van der Waals surface area contributed by atoms with E-state index < -0.39 is 11.9 Å². The molecule has 1 atom stereocenters. The molecular formula is C14H21N5O2. The number of primary amides is 1. The van der Waals surface area contributed by atoms with Crippen molar-refractivity contribution in [1.29, 1.82) is 0 Å². The van der Waals surface area contributed by atoms with Gasteiger partial charge in [0, 0.05) is 31.9 Å². The molecule has 2 rings (SSSR count). The van der Waals surface area contributed by atoms with Crippen LogP contribution >= 0.6 is 0 Å². The van der Waals surface area contributed by atoms with Gasteiger partial charge in [0.25, 0.3) is 5.91 Å². The van der Waals surface area contributed by atoms with Crippen molar-refractivity contribution in [3.63, 3.8) is 0 Å². The fourth-order valence-corrected chi connectivity index (χ4v) is 2.51. The molecule has 2 amide bonds. The summed E-state index contributed by atoms with van der Waals surface area (Å²) in [6.45, 7) is 5.69. The van der Waals surface area contributed by atoms with E-state index in [0.717, 1.165) is 0 Å². The highest BCUT2D eigenvalue weighted by Gasteiger charge is 2.35. The minimum atomic E-state index is -0.645. The SMILES string of the molecule is CC(C)N1CCN(C(=O)c2cccnc2N)[C@H](C(N)=O)C1. The number of nitrogens with zero attached hydrogens (tertiary/aromatic N) is 3. The first-order valence-corrected chi connectivity index (χ1v) is 6.96. The second-order valence-corrected chi connectivity index (χ2v) is 5.44. The van der Waals surface area contributed by atoms with Crippen LogP contribution in [-0.2, 0) is 4.79 Å². The first kappa shape index (κ1) is 15.2. The minimum absolute atomic E-state index is 0.164. The van der Waals surface area contributed by atoms with Gasteiger partial charge in [-0.15, -0.1) is 0 Å². The van der Waals surface area contributed by atoms with Crippen LogP contribution in [0.15, 0.2) is 18.3 Å². The zero-order valence-electron chi connectivity index (χ0n) is 12.3. The van der Waals surface area contributed by atoms with Crippen LogP contribution in [0.25, 0.3) is 0 Å². The van der Waals surface area contributed by atoms with Crippen LogP contribution in [0.4, 0.5) is 5.82 Å². The molecule has 7 heteroatoms. The average molecular weight is 291 g/mol. The highest BCUT2D eigenvalue weighted by atomic mass is 16.2. The molecule has 1 saturated heterocycles. The third-order valence-electron chi connectivity index (χ3n) is 3.80. The van der Waals surface area contributed by atoms with Crippen molar-refractivity contribution >= 4 is 17.6 Å². The lowest BCUT2D eigenvalue weighted by molar-refractivity contribution is -0.124. The number of amides is 2. The van der Waals surface area contributed by atoms with Crippen LogP contribution in [0.5, 0.6) is 0 Å². The van der Waals surface area contributed by atoms with Crippen LogP contribution in [0.1, 0.15) is 24.2 Å². The third kappa shape index (κ3) is 3.13. The number of hydrogen-bond donors (Lipinski definition) is 2. The van der Waals surface area contributed by atoms with E-state index in [1.165, 1.54) is 11.1 Å². The lowest BCUT2D eigenvalue weighted by Crippen LogP contribution is -2.61. The number of carbonyl (C=O) groups excluding carboxylic acids is 2. The first-order valence-electron chi connectivity index (χ1n) is 6.96. The number of nitrogens with two attached hydrogens (primary N) is 2. The Kier molecular flexibility index (Phi) is 4.42. The molecule has 0 radical (unpaired) electrons. The molecule has 0 spiro atoms. The van der Waals surface area contributed by atoms with Gasteiger partial charge < -0.3 is 16.4 Å². The Bertz CT molecular complexity index is 546. The summed E-state index contributed by atoms with van der Waals surface area (Å²) in [5.74, 6) is -0.638. The van der Waals surface area contributed by atoms with Crippen LogP contribution in [0, 0.1) is 0 Å². The number of nitrogen functional groups attached to an aromatic ring is 1. The summed E-state index contributed by atoms with van der Waals surface area (Å²) in [6, 6.07) is 2.91. The second kappa shape index (κ2) is 6.09. The van der Waals surface area contributed by atoms with Gasteiger partial charge in [0.15, 0.2) is 0 Å². The Morgan fingerprint density at radius 2 is 2.10 bits per heavy atom. The largest absolute Gasteiger partial charge is 0.383 e. The van der Waals surface area contributed by atoms with Gasteiger partial charge in [-0.2, -0.15) is 0 Å².